The standard InChI is InChI=1S/C13H14N2O2/c1-2-12(10-4-7-16-9-10)13(15-5-1)17-11-3-6-14-8-11/h1-2,4-5,7,9,11,14H,3,6,8H2. The summed E-state index contributed by atoms with van der Waals surface area (Å²) in [6, 6.07) is 5.81. The fourth-order valence-electron chi connectivity index (χ4n) is 2.01. The molecule has 1 saturated heterocycles. The smallest absolute Gasteiger partial charge is 0.221 e. The van der Waals surface area contributed by atoms with Crippen LogP contribution in [0.15, 0.2) is 41.3 Å². The molecule has 1 N–H and O–H groups in total. The minimum Gasteiger partial charge on any atom is -0.473 e. The Balaban J connectivity index is 1.88. The Hall–Kier alpha value is -1.81. The van der Waals surface area contributed by atoms with Crippen molar-refractivity contribution in [2.45, 2.75) is 12.5 Å². The van der Waals surface area contributed by atoms with E-state index < -0.39 is 0 Å². The molecule has 0 spiro atoms. The van der Waals surface area contributed by atoms with Crippen LogP contribution in [-0.4, -0.2) is 24.2 Å². The zero-order valence-electron chi connectivity index (χ0n) is 9.43. The molecule has 1 unspecified atom stereocenters. The monoisotopic (exact) mass is 230 g/mol. The van der Waals surface area contributed by atoms with Gasteiger partial charge in [0.1, 0.15) is 6.10 Å². The number of furan rings is 1. The van der Waals surface area contributed by atoms with Crippen molar-refractivity contribution in [3.05, 3.63) is 36.9 Å². The summed E-state index contributed by atoms with van der Waals surface area (Å²) < 4.78 is 11.0. The third kappa shape index (κ3) is 2.17. The Morgan fingerprint density at radius 1 is 1.41 bits per heavy atom. The van der Waals surface area contributed by atoms with Crippen LogP contribution in [0.4, 0.5) is 0 Å². The molecule has 0 bridgehead atoms. The summed E-state index contributed by atoms with van der Waals surface area (Å²) in [5.41, 5.74) is 1.98. The Morgan fingerprint density at radius 3 is 3.18 bits per heavy atom. The molecule has 1 aliphatic heterocycles. The first-order valence-electron chi connectivity index (χ1n) is 5.78. The lowest BCUT2D eigenvalue weighted by atomic mass is 10.1. The van der Waals surface area contributed by atoms with Gasteiger partial charge in [0.2, 0.25) is 5.88 Å². The minimum atomic E-state index is 0.218. The van der Waals surface area contributed by atoms with E-state index in [4.69, 9.17) is 9.15 Å². The SMILES string of the molecule is c1cnc(OC2CCNC2)c(-c2ccoc2)c1. The van der Waals surface area contributed by atoms with Crippen molar-refractivity contribution < 1.29 is 9.15 Å². The number of hydrogen-bond acceptors (Lipinski definition) is 4. The molecule has 0 aromatic carbocycles. The normalized spacial score (nSPS) is 19.4. The van der Waals surface area contributed by atoms with Crippen molar-refractivity contribution in [2.75, 3.05) is 13.1 Å². The molecule has 1 fully saturated rings. The van der Waals surface area contributed by atoms with Gasteiger partial charge < -0.3 is 14.5 Å². The van der Waals surface area contributed by atoms with Gasteiger partial charge in [-0.3, -0.25) is 0 Å². The Labute approximate surface area is 99.6 Å². The highest BCUT2D eigenvalue weighted by Crippen LogP contribution is 2.29. The molecular formula is C13H14N2O2. The van der Waals surface area contributed by atoms with Crippen LogP contribution in [0.1, 0.15) is 6.42 Å². The van der Waals surface area contributed by atoms with Crippen LogP contribution in [-0.2, 0) is 0 Å². The highest BCUT2D eigenvalue weighted by atomic mass is 16.5. The van der Waals surface area contributed by atoms with Gasteiger partial charge in [0.25, 0.3) is 0 Å². The number of rotatable bonds is 3. The molecule has 0 aliphatic carbocycles. The van der Waals surface area contributed by atoms with Gasteiger partial charge in [0, 0.05) is 23.9 Å². The molecular weight excluding hydrogens is 216 g/mol. The minimum absolute atomic E-state index is 0.218. The lowest BCUT2D eigenvalue weighted by Crippen LogP contribution is -2.20. The maximum absolute atomic E-state index is 5.91. The molecule has 1 aliphatic rings. The van der Waals surface area contributed by atoms with E-state index in [0.717, 1.165) is 30.6 Å². The lowest BCUT2D eigenvalue weighted by molar-refractivity contribution is 0.215. The summed E-state index contributed by atoms with van der Waals surface area (Å²) in [6.45, 7) is 1.90. The van der Waals surface area contributed by atoms with Crippen LogP contribution >= 0.6 is 0 Å². The molecule has 1 atom stereocenters. The van der Waals surface area contributed by atoms with Crippen molar-refractivity contribution >= 4 is 0 Å². The lowest BCUT2D eigenvalue weighted by Gasteiger charge is -2.13. The summed E-state index contributed by atoms with van der Waals surface area (Å²) in [5, 5.41) is 3.28. The van der Waals surface area contributed by atoms with E-state index in [-0.39, 0.29) is 6.10 Å². The van der Waals surface area contributed by atoms with Gasteiger partial charge in [-0.2, -0.15) is 0 Å². The van der Waals surface area contributed by atoms with E-state index >= 15 is 0 Å². The van der Waals surface area contributed by atoms with Crippen LogP contribution in [0.5, 0.6) is 5.88 Å². The van der Waals surface area contributed by atoms with Crippen LogP contribution < -0.4 is 10.1 Å². The van der Waals surface area contributed by atoms with Crippen molar-refractivity contribution in [2.24, 2.45) is 0 Å². The van der Waals surface area contributed by atoms with E-state index in [1.54, 1.807) is 18.7 Å². The van der Waals surface area contributed by atoms with Crippen LogP contribution in [0, 0.1) is 0 Å². The van der Waals surface area contributed by atoms with Gasteiger partial charge in [-0.1, -0.05) is 0 Å². The Bertz CT molecular complexity index is 476. The van der Waals surface area contributed by atoms with E-state index in [9.17, 15) is 0 Å². The Morgan fingerprint density at radius 2 is 2.41 bits per heavy atom. The number of ether oxygens (including phenoxy) is 1. The average molecular weight is 230 g/mol. The molecule has 3 rings (SSSR count). The molecule has 2 aromatic rings. The first kappa shape index (κ1) is 10.4. The number of nitrogens with zero attached hydrogens (tertiary/aromatic N) is 1. The van der Waals surface area contributed by atoms with Gasteiger partial charge in [-0.15, -0.1) is 0 Å². The van der Waals surface area contributed by atoms with E-state index in [0.29, 0.717) is 5.88 Å². The maximum atomic E-state index is 5.91. The number of aromatic nitrogens is 1. The maximum Gasteiger partial charge on any atom is 0.221 e. The average Bonchev–Trinajstić information content (AvgIpc) is 3.01. The summed E-state index contributed by atoms with van der Waals surface area (Å²) >= 11 is 0. The summed E-state index contributed by atoms with van der Waals surface area (Å²) in [6.07, 6.45) is 6.36. The number of hydrogen-bond donors (Lipinski definition) is 1. The predicted octanol–water partition coefficient (Wildman–Crippen LogP) is 2.08. The molecule has 0 amide bonds. The predicted molar refractivity (Wildman–Crippen MR) is 63.8 cm³/mol. The van der Waals surface area contributed by atoms with E-state index in [2.05, 4.69) is 10.3 Å². The van der Waals surface area contributed by atoms with Crippen molar-refractivity contribution in [3.8, 4) is 17.0 Å². The molecule has 0 radical (unpaired) electrons. The van der Waals surface area contributed by atoms with Crippen LogP contribution in [0.2, 0.25) is 0 Å². The van der Waals surface area contributed by atoms with Crippen molar-refractivity contribution in [1.29, 1.82) is 0 Å². The van der Waals surface area contributed by atoms with E-state index in [1.165, 1.54) is 0 Å². The quantitative estimate of drug-likeness (QED) is 0.877. The molecule has 17 heavy (non-hydrogen) atoms. The topological polar surface area (TPSA) is 47.3 Å². The van der Waals surface area contributed by atoms with Crippen LogP contribution in [0.3, 0.4) is 0 Å². The largest absolute Gasteiger partial charge is 0.473 e. The first-order valence-corrected chi connectivity index (χ1v) is 5.78. The zero-order valence-corrected chi connectivity index (χ0v) is 9.43. The van der Waals surface area contributed by atoms with E-state index in [1.807, 2.05) is 18.2 Å². The van der Waals surface area contributed by atoms with Crippen molar-refractivity contribution in [3.63, 3.8) is 0 Å². The number of nitrogens with one attached hydrogen (secondary N) is 1. The third-order valence-electron chi connectivity index (χ3n) is 2.90. The van der Waals surface area contributed by atoms with Gasteiger partial charge in [0.15, 0.2) is 0 Å². The molecule has 3 heterocycles. The first-order chi connectivity index (χ1) is 8.43. The second-order valence-electron chi connectivity index (χ2n) is 4.10. The fourth-order valence-corrected chi connectivity index (χ4v) is 2.01. The van der Waals surface area contributed by atoms with Gasteiger partial charge in [-0.05, 0) is 31.2 Å². The highest BCUT2D eigenvalue weighted by Gasteiger charge is 2.18. The highest BCUT2D eigenvalue weighted by molar-refractivity contribution is 5.67. The molecule has 4 nitrogen and oxygen atoms in total. The Kier molecular flexibility index (Phi) is 2.80. The summed E-state index contributed by atoms with van der Waals surface area (Å²) in [4.78, 5) is 4.31. The molecule has 0 saturated carbocycles. The third-order valence-corrected chi connectivity index (χ3v) is 2.90. The number of pyridine rings is 1. The molecule has 2 aromatic heterocycles. The second kappa shape index (κ2) is 4.59. The van der Waals surface area contributed by atoms with Gasteiger partial charge in [-0.25, -0.2) is 4.98 Å². The van der Waals surface area contributed by atoms with Gasteiger partial charge in [0.05, 0.1) is 12.5 Å². The molecule has 88 valence electrons. The summed E-state index contributed by atoms with van der Waals surface area (Å²) in [5.74, 6) is 0.683. The van der Waals surface area contributed by atoms with Crippen LogP contribution in [0.25, 0.3) is 11.1 Å². The second-order valence-corrected chi connectivity index (χ2v) is 4.10. The van der Waals surface area contributed by atoms with Crippen molar-refractivity contribution in [1.82, 2.24) is 10.3 Å². The summed E-state index contributed by atoms with van der Waals surface area (Å²) in [7, 11) is 0. The van der Waals surface area contributed by atoms with Gasteiger partial charge >= 0.3 is 0 Å². The zero-order chi connectivity index (χ0) is 11.5. The molecule has 4 heteroatoms. The fraction of sp³-hybridized carbons (Fsp3) is 0.308.